The van der Waals surface area contributed by atoms with E-state index in [0.717, 1.165) is 15.4 Å². The lowest BCUT2D eigenvalue weighted by atomic mass is 10.1. The van der Waals surface area contributed by atoms with Crippen LogP contribution in [0.2, 0.25) is 0 Å². The van der Waals surface area contributed by atoms with Crippen LogP contribution in [-0.2, 0) is 0 Å². The number of hydrogen-bond donors (Lipinski definition) is 1. The first-order valence-corrected chi connectivity index (χ1v) is 6.88. The number of fused-ring (bicyclic) bond motifs is 1. The molecule has 3 nitrogen and oxygen atoms in total. The Kier molecular flexibility index (Phi) is 3.92. The lowest BCUT2D eigenvalue weighted by molar-refractivity contribution is 0.0931. The number of rotatable bonds is 3. The van der Waals surface area contributed by atoms with Gasteiger partial charge in [0.25, 0.3) is 5.91 Å². The number of halogens is 2. The van der Waals surface area contributed by atoms with Gasteiger partial charge in [-0.3, -0.25) is 4.79 Å². The molecule has 0 saturated heterocycles. The average Bonchev–Trinajstić information content (AvgIpc) is 2.64. The molecule has 0 spiro atoms. The maximum Gasteiger partial charge on any atom is 0.287 e. The second-order valence-corrected chi connectivity index (χ2v) is 5.93. The SMILES string of the molecule is C=C(Br)CNC(=O)c1oc2ccc(Br)cc2c1C. The van der Waals surface area contributed by atoms with Crippen LogP contribution >= 0.6 is 31.9 Å². The summed E-state index contributed by atoms with van der Waals surface area (Å²) in [7, 11) is 0. The molecule has 0 aliphatic carbocycles. The van der Waals surface area contributed by atoms with Crippen molar-refractivity contribution in [3.8, 4) is 0 Å². The van der Waals surface area contributed by atoms with Crippen molar-refractivity contribution >= 4 is 48.7 Å². The summed E-state index contributed by atoms with van der Waals surface area (Å²) in [6.45, 7) is 5.91. The zero-order valence-corrected chi connectivity index (χ0v) is 12.9. The highest BCUT2D eigenvalue weighted by Crippen LogP contribution is 2.27. The summed E-state index contributed by atoms with van der Waals surface area (Å²) in [4.78, 5) is 11.9. The minimum atomic E-state index is -0.236. The van der Waals surface area contributed by atoms with Gasteiger partial charge in [-0.25, -0.2) is 0 Å². The predicted octanol–water partition coefficient (Wildman–Crippen LogP) is 4.14. The Bertz CT molecular complexity index is 631. The Morgan fingerprint density at radius 2 is 2.22 bits per heavy atom. The average molecular weight is 373 g/mol. The van der Waals surface area contributed by atoms with E-state index in [1.807, 2.05) is 25.1 Å². The Labute approximate surface area is 121 Å². The van der Waals surface area contributed by atoms with E-state index in [1.165, 1.54) is 0 Å². The van der Waals surface area contributed by atoms with Crippen molar-refractivity contribution in [1.82, 2.24) is 5.32 Å². The topological polar surface area (TPSA) is 42.2 Å². The fourth-order valence-electron chi connectivity index (χ4n) is 1.67. The minimum Gasteiger partial charge on any atom is -0.451 e. The van der Waals surface area contributed by atoms with Crippen molar-refractivity contribution in [2.45, 2.75) is 6.92 Å². The molecule has 0 atom stereocenters. The first-order valence-electron chi connectivity index (χ1n) is 5.29. The molecule has 1 heterocycles. The number of furan rings is 1. The normalized spacial score (nSPS) is 10.6. The summed E-state index contributed by atoms with van der Waals surface area (Å²) in [6.07, 6.45) is 0. The van der Waals surface area contributed by atoms with Crippen LogP contribution in [-0.4, -0.2) is 12.5 Å². The van der Waals surface area contributed by atoms with Crippen molar-refractivity contribution in [1.29, 1.82) is 0 Å². The Balaban J connectivity index is 2.36. The monoisotopic (exact) mass is 371 g/mol. The number of aryl methyl sites for hydroxylation is 1. The van der Waals surface area contributed by atoms with Gasteiger partial charge in [0.2, 0.25) is 0 Å². The highest BCUT2D eigenvalue weighted by atomic mass is 79.9. The van der Waals surface area contributed by atoms with E-state index < -0.39 is 0 Å². The van der Waals surface area contributed by atoms with E-state index in [2.05, 4.69) is 43.8 Å². The molecule has 0 saturated carbocycles. The van der Waals surface area contributed by atoms with Crippen LogP contribution in [0.3, 0.4) is 0 Å². The number of hydrogen-bond acceptors (Lipinski definition) is 2. The molecule has 0 aliphatic rings. The van der Waals surface area contributed by atoms with E-state index in [1.54, 1.807) is 0 Å². The molecule has 5 heteroatoms. The molecule has 0 fully saturated rings. The smallest absolute Gasteiger partial charge is 0.287 e. The highest BCUT2D eigenvalue weighted by Gasteiger charge is 2.17. The third kappa shape index (κ3) is 2.67. The zero-order chi connectivity index (χ0) is 13.3. The molecule has 0 radical (unpaired) electrons. The Hall–Kier alpha value is -1.07. The first-order chi connectivity index (χ1) is 8.49. The Morgan fingerprint density at radius 3 is 2.89 bits per heavy atom. The van der Waals surface area contributed by atoms with Gasteiger partial charge in [0.15, 0.2) is 5.76 Å². The lowest BCUT2D eigenvalue weighted by Gasteiger charge is -2.01. The van der Waals surface area contributed by atoms with Gasteiger partial charge in [-0.1, -0.05) is 38.4 Å². The summed E-state index contributed by atoms with van der Waals surface area (Å²) >= 11 is 6.59. The highest BCUT2D eigenvalue weighted by molar-refractivity contribution is 9.11. The molecule has 1 aromatic heterocycles. The summed E-state index contributed by atoms with van der Waals surface area (Å²) < 4.78 is 7.24. The Morgan fingerprint density at radius 1 is 1.50 bits per heavy atom. The van der Waals surface area contributed by atoms with E-state index in [4.69, 9.17) is 4.42 Å². The molecular weight excluding hydrogens is 362 g/mol. The van der Waals surface area contributed by atoms with Gasteiger partial charge in [-0.2, -0.15) is 0 Å². The molecule has 2 rings (SSSR count). The van der Waals surface area contributed by atoms with Crippen molar-refractivity contribution in [2.75, 3.05) is 6.54 Å². The maximum absolute atomic E-state index is 11.9. The van der Waals surface area contributed by atoms with Crippen LogP contribution in [0.15, 0.2) is 38.2 Å². The standard InChI is InChI=1S/C13H11Br2NO2/c1-7(14)6-16-13(17)12-8(2)10-5-9(15)3-4-11(10)18-12/h3-5H,1,6H2,2H3,(H,16,17). The largest absolute Gasteiger partial charge is 0.451 e. The first kappa shape index (κ1) is 13.4. The van der Waals surface area contributed by atoms with E-state index in [0.29, 0.717) is 22.4 Å². The van der Waals surface area contributed by atoms with Gasteiger partial charge in [0.05, 0.1) is 0 Å². The fraction of sp³-hybridized carbons (Fsp3) is 0.154. The van der Waals surface area contributed by atoms with E-state index in [9.17, 15) is 4.79 Å². The van der Waals surface area contributed by atoms with Gasteiger partial charge in [0.1, 0.15) is 5.58 Å². The van der Waals surface area contributed by atoms with Crippen molar-refractivity contribution in [2.24, 2.45) is 0 Å². The second-order valence-electron chi connectivity index (χ2n) is 3.90. The molecule has 1 aromatic carbocycles. The third-order valence-electron chi connectivity index (χ3n) is 2.55. The number of nitrogens with one attached hydrogen (secondary N) is 1. The summed E-state index contributed by atoms with van der Waals surface area (Å²) in [6, 6.07) is 5.66. The quantitative estimate of drug-likeness (QED) is 0.879. The molecule has 0 unspecified atom stereocenters. The number of benzene rings is 1. The van der Waals surface area contributed by atoms with Crippen LogP contribution in [0.5, 0.6) is 0 Å². The molecule has 2 aromatic rings. The summed E-state index contributed by atoms with van der Waals surface area (Å²) in [5, 5.41) is 3.66. The fourth-order valence-corrected chi connectivity index (χ4v) is 2.17. The molecule has 0 bridgehead atoms. The number of carbonyl (C=O) groups is 1. The van der Waals surface area contributed by atoms with Gasteiger partial charge in [0, 0.05) is 26.4 Å². The van der Waals surface area contributed by atoms with Gasteiger partial charge >= 0.3 is 0 Å². The van der Waals surface area contributed by atoms with Gasteiger partial charge < -0.3 is 9.73 Å². The molecule has 0 aliphatic heterocycles. The number of carbonyl (C=O) groups excluding carboxylic acids is 1. The molecule has 1 N–H and O–H groups in total. The van der Waals surface area contributed by atoms with Gasteiger partial charge in [-0.15, -0.1) is 0 Å². The van der Waals surface area contributed by atoms with E-state index >= 15 is 0 Å². The van der Waals surface area contributed by atoms with Crippen molar-refractivity contribution in [3.05, 3.63) is 45.1 Å². The molecule has 18 heavy (non-hydrogen) atoms. The van der Waals surface area contributed by atoms with E-state index in [-0.39, 0.29) is 5.91 Å². The second kappa shape index (κ2) is 5.28. The van der Waals surface area contributed by atoms with Crippen LogP contribution < -0.4 is 5.32 Å². The number of amides is 1. The van der Waals surface area contributed by atoms with Gasteiger partial charge in [-0.05, 0) is 25.1 Å². The molecule has 1 amide bonds. The van der Waals surface area contributed by atoms with Crippen molar-refractivity contribution in [3.63, 3.8) is 0 Å². The third-order valence-corrected chi connectivity index (χ3v) is 3.32. The summed E-state index contributed by atoms with van der Waals surface area (Å²) in [5.41, 5.74) is 1.54. The van der Waals surface area contributed by atoms with Crippen LogP contribution in [0, 0.1) is 6.92 Å². The maximum atomic E-state index is 11.9. The molecule has 94 valence electrons. The van der Waals surface area contributed by atoms with Crippen LogP contribution in [0.1, 0.15) is 16.1 Å². The van der Waals surface area contributed by atoms with Crippen LogP contribution in [0.25, 0.3) is 11.0 Å². The lowest BCUT2D eigenvalue weighted by Crippen LogP contribution is -2.24. The zero-order valence-electron chi connectivity index (χ0n) is 9.72. The summed E-state index contributed by atoms with van der Waals surface area (Å²) in [5.74, 6) is 0.109. The van der Waals surface area contributed by atoms with Crippen LogP contribution in [0.4, 0.5) is 0 Å². The molecular formula is C13H11Br2NO2. The predicted molar refractivity (Wildman–Crippen MR) is 79.1 cm³/mol. The minimum absolute atomic E-state index is 0.236. The van der Waals surface area contributed by atoms with Crippen molar-refractivity contribution < 1.29 is 9.21 Å².